The second-order valence-electron chi connectivity index (χ2n) is 4.68. The molecular weight excluding hydrogens is 250 g/mol. The number of methoxy groups -OCH3 is 1. The van der Waals surface area contributed by atoms with Crippen molar-refractivity contribution in [1.29, 1.82) is 0 Å². The highest BCUT2D eigenvalue weighted by Gasteiger charge is 2.35. The zero-order chi connectivity index (χ0) is 13.0. The van der Waals surface area contributed by atoms with Gasteiger partial charge in [0.15, 0.2) is 0 Å². The molecule has 0 spiro atoms. The first-order valence-corrected chi connectivity index (χ1v) is 6.46. The van der Waals surface area contributed by atoms with Crippen molar-refractivity contribution in [2.24, 2.45) is 4.99 Å². The fourth-order valence-electron chi connectivity index (χ4n) is 2.62. The van der Waals surface area contributed by atoms with Gasteiger partial charge in [0.25, 0.3) is 0 Å². The molecule has 96 valence electrons. The number of hydrogen-bond acceptors (Lipinski definition) is 3. The topological polar surface area (TPSA) is 38.7 Å². The fraction of sp³-hybridized carbons (Fsp3) is 0.500. The molecule has 1 fully saturated rings. The van der Waals surface area contributed by atoms with Crippen LogP contribution in [0, 0.1) is 0 Å². The molecule has 1 aromatic carbocycles. The maximum absolute atomic E-state index is 10.6. The molecular formula is C14H16ClNO2. The van der Waals surface area contributed by atoms with Crippen molar-refractivity contribution in [2.75, 3.05) is 7.11 Å². The summed E-state index contributed by atoms with van der Waals surface area (Å²) >= 11 is 6.23. The van der Waals surface area contributed by atoms with Crippen LogP contribution in [0.25, 0.3) is 0 Å². The predicted octanol–water partition coefficient (Wildman–Crippen LogP) is 3.59. The summed E-state index contributed by atoms with van der Waals surface area (Å²) in [5.74, 6) is 0. The smallest absolute Gasteiger partial charge is 0.235 e. The summed E-state index contributed by atoms with van der Waals surface area (Å²) in [6.07, 6.45) is 5.67. The molecule has 4 heteroatoms. The van der Waals surface area contributed by atoms with E-state index in [0.717, 1.165) is 36.8 Å². The number of aliphatic imine (C=N–C) groups is 1. The summed E-state index contributed by atoms with van der Waals surface area (Å²) < 4.78 is 5.08. The van der Waals surface area contributed by atoms with Crippen LogP contribution in [-0.2, 0) is 21.7 Å². The molecule has 2 rings (SSSR count). The lowest BCUT2D eigenvalue weighted by Gasteiger charge is -2.23. The first kappa shape index (κ1) is 13.3. The van der Waals surface area contributed by atoms with Crippen molar-refractivity contribution in [1.82, 2.24) is 0 Å². The molecule has 1 aromatic rings. The van der Waals surface area contributed by atoms with Crippen LogP contribution in [-0.4, -0.2) is 13.2 Å². The van der Waals surface area contributed by atoms with Gasteiger partial charge in [-0.15, -0.1) is 0 Å². The van der Waals surface area contributed by atoms with Crippen LogP contribution in [0.4, 0.5) is 0 Å². The van der Waals surface area contributed by atoms with Gasteiger partial charge >= 0.3 is 0 Å². The summed E-state index contributed by atoms with van der Waals surface area (Å²) in [4.78, 5) is 14.7. The van der Waals surface area contributed by atoms with Gasteiger partial charge in [0, 0.05) is 12.1 Å². The van der Waals surface area contributed by atoms with Crippen molar-refractivity contribution >= 4 is 17.7 Å². The number of benzene rings is 1. The fourth-order valence-corrected chi connectivity index (χ4v) is 2.86. The van der Waals surface area contributed by atoms with E-state index < -0.39 is 5.54 Å². The Labute approximate surface area is 112 Å². The zero-order valence-corrected chi connectivity index (χ0v) is 11.2. The molecule has 0 unspecified atom stereocenters. The van der Waals surface area contributed by atoms with Crippen LogP contribution < -0.4 is 0 Å². The summed E-state index contributed by atoms with van der Waals surface area (Å²) in [7, 11) is 1.64. The van der Waals surface area contributed by atoms with Crippen LogP contribution in [0.2, 0.25) is 5.02 Å². The minimum Gasteiger partial charge on any atom is -0.380 e. The normalized spacial score (nSPS) is 17.4. The first-order valence-electron chi connectivity index (χ1n) is 6.09. The summed E-state index contributed by atoms with van der Waals surface area (Å²) in [6.45, 7) is 0.489. The summed E-state index contributed by atoms with van der Waals surface area (Å²) in [6, 6.07) is 5.84. The predicted molar refractivity (Wildman–Crippen MR) is 70.4 cm³/mol. The monoisotopic (exact) mass is 265 g/mol. The molecule has 0 heterocycles. The minimum atomic E-state index is -0.406. The van der Waals surface area contributed by atoms with Crippen LogP contribution in [0.1, 0.15) is 36.8 Å². The van der Waals surface area contributed by atoms with Gasteiger partial charge in [-0.2, -0.15) is 4.99 Å². The SMILES string of the molecule is COCc1ccc(C2(N=C=O)CCCC2)cc1Cl. The summed E-state index contributed by atoms with van der Waals surface area (Å²) in [5.41, 5.74) is 1.55. The number of isocyanates is 1. The van der Waals surface area contributed by atoms with Gasteiger partial charge in [0.05, 0.1) is 12.1 Å². The quantitative estimate of drug-likeness (QED) is 0.616. The molecule has 0 N–H and O–H groups in total. The van der Waals surface area contributed by atoms with E-state index in [0.29, 0.717) is 11.6 Å². The number of ether oxygens (including phenoxy) is 1. The average Bonchev–Trinajstić information content (AvgIpc) is 2.82. The maximum atomic E-state index is 10.6. The van der Waals surface area contributed by atoms with E-state index >= 15 is 0 Å². The molecule has 0 atom stereocenters. The summed E-state index contributed by atoms with van der Waals surface area (Å²) in [5, 5.41) is 0.668. The molecule has 1 aliphatic rings. The van der Waals surface area contributed by atoms with Gasteiger partial charge in [0.1, 0.15) is 0 Å². The minimum absolute atomic E-state index is 0.406. The maximum Gasteiger partial charge on any atom is 0.235 e. The van der Waals surface area contributed by atoms with E-state index in [-0.39, 0.29) is 0 Å². The van der Waals surface area contributed by atoms with E-state index in [9.17, 15) is 4.79 Å². The third-order valence-electron chi connectivity index (χ3n) is 3.58. The van der Waals surface area contributed by atoms with Crippen molar-refractivity contribution < 1.29 is 9.53 Å². The van der Waals surface area contributed by atoms with Crippen molar-refractivity contribution in [3.05, 3.63) is 34.3 Å². The largest absolute Gasteiger partial charge is 0.380 e. The standard InChI is InChI=1S/C14H16ClNO2/c1-18-9-11-4-5-12(8-13(11)15)14(16-10-17)6-2-3-7-14/h4-5,8H,2-3,6-7,9H2,1H3. The Hall–Kier alpha value is -1.15. The second-order valence-corrected chi connectivity index (χ2v) is 5.09. The molecule has 0 aliphatic heterocycles. The number of nitrogens with zero attached hydrogens (tertiary/aromatic N) is 1. The van der Waals surface area contributed by atoms with Gasteiger partial charge < -0.3 is 4.74 Å². The molecule has 0 aromatic heterocycles. The molecule has 3 nitrogen and oxygen atoms in total. The van der Waals surface area contributed by atoms with Crippen molar-refractivity contribution in [3.8, 4) is 0 Å². The van der Waals surface area contributed by atoms with Gasteiger partial charge in [-0.3, -0.25) is 0 Å². The highest BCUT2D eigenvalue weighted by atomic mass is 35.5. The molecule has 1 saturated carbocycles. The molecule has 0 bridgehead atoms. The van der Waals surface area contributed by atoms with Gasteiger partial charge in [-0.25, -0.2) is 4.79 Å². The van der Waals surface area contributed by atoms with E-state index in [1.807, 2.05) is 18.2 Å². The van der Waals surface area contributed by atoms with Crippen LogP contribution in [0.5, 0.6) is 0 Å². The zero-order valence-electron chi connectivity index (χ0n) is 10.4. The number of hydrogen-bond donors (Lipinski definition) is 0. The Kier molecular flexibility index (Phi) is 4.18. The molecule has 0 radical (unpaired) electrons. The molecule has 18 heavy (non-hydrogen) atoms. The van der Waals surface area contributed by atoms with Crippen LogP contribution >= 0.6 is 11.6 Å². The Bertz CT molecular complexity index is 475. The van der Waals surface area contributed by atoms with Crippen molar-refractivity contribution in [3.63, 3.8) is 0 Å². The van der Waals surface area contributed by atoms with Gasteiger partial charge in [0.2, 0.25) is 6.08 Å². The van der Waals surface area contributed by atoms with Gasteiger partial charge in [-0.05, 0) is 30.0 Å². The lowest BCUT2D eigenvalue weighted by Crippen LogP contribution is -2.19. The Morgan fingerprint density at radius 2 is 2.17 bits per heavy atom. The third kappa shape index (κ3) is 2.49. The molecule has 0 amide bonds. The third-order valence-corrected chi connectivity index (χ3v) is 3.93. The molecule has 1 aliphatic carbocycles. The van der Waals surface area contributed by atoms with E-state index in [1.165, 1.54) is 0 Å². The second kappa shape index (κ2) is 5.66. The molecule has 0 saturated heterocycles. The highest BCUT2D eigenvalue weighted by molar-refractivity contribution is 6.31. The lowest BCUT2D eigenvalue weighted by atomic mass is 9.88. The Morgan fingerprint density at radius 3 is 2.72 bits per heavy atom. The Morgan fingerprint density at radius 1 is 1.44 bits per heavy atom. The lowest BCUT2D eigenvalue weighted by molar-refractivity contribution is 0.185. The van der Waals surface area contributed by atoms with Crippen LogP contribution in [0.3, 0.4) is 0 Å². The van der Waals surface area contributed by atoms with E-state index in [1.54, 1.807) is 13.2 Å². The average molecular weight is 266 g/mol. The first-order chi connectivity index (χ1) is 8.72. The number of rotatable bonds is 4. The van der Waals surface area contributed by atoms with Crippen LogP contribution in [0.15, 0.2) is 23.2 Å². The number of halogens is 1. The van der Waals surface area contributed by atoms with E-state index in [2.05, 4.69) is 4.99 Å². The van der Waals surface area contributed by atoms with Crippen molar-refractivity contribution in [2.45, 2.75) is 37.8 Å². The highest BCUT2D eigenvalue weighted by Crippen LogP contribution is 2.43. The van der Waals surface area contributed by atoms with E-state index in [4.69, 9.17) is 16.3 Å². The van der Waals surface area contributed by atoms with Gasteiger partial charge in [-0.1, -0.05) is 36.6 Å². The number of carbonyl (C=O) groups excluding carboxylic acids is 1. The Balaban J connectivity index is 2.37.